The van der Waals surface area contributed by atoms with Crippen molar-refractivity contribution in [3.8, 4) is 6.07 Å². The smallest absolute Gasteiger partial charge is 0.243 e. The molecule has 6 nitrogen and oxygen atoms in total. The number of nitriles is 1. The summed E-state index contributed by atoms with van der Waals surface area (Å²) in [7, 11) is -2.49. The topological polar surface area (TPSA) is 81.5 Å². The van der Waals surface area contributed by atoms with Crippen molar-refractivity contribution in [2.75, 3.05) is 13.6 Å². The first-order chi connectivity index (χ1) is 15.3. The summed E-state index contributed by atoms with van der Waals surface area (Å²) in [4.78, 5) is 14.7. The van der Waals surface area contributed by atoms with E-state index in [1.165, 1.54) is 36.2 Å². The molecule has 0 aliphatic heterocycles. The van der Waals surface area contributed by atoms with Gasteiger partial charge in [-0.25, -0.2) is 12.8 Å². The van der Waals surface area contributed by atoms with Crippen molar-refractivity contribution in [2.24, 2.45) is 0 Å². The molecule has 0 bridgehead atoms. The molecular formula is C24H22FN3O3S. The molecule has 3 rings (SSSR count). The van der Waals surface area contributed by atoms with Crippen LogP contribution in [0.4, 0.5) is 4.39 Å². The average molecular weight is 452 g/mol. The highest BCUT2D eigenvalue weighted by Gasteiger charge is 2.25. The number of hydrogen-bond acceptors (Lipinski definition) is 4. The Morgan fingerprint density at radius 3 is 2.22 bits per heavy atom. The molecule has 0 unspecified atom stereocenters. The first-order valence-electron chi connectivity index (χ1n) is 9.82. The Kier molecular flexibility index (Phi) is 7.36. The van der Waals surface area contributed by atoms with Crippen molar-refractivity contribution in [3.63, 3.8) is 0 Å². The number of benzene rings is 3. The summed E-state index contributed by atoms with van der Waals surface area (Å²) < 4.78 is 40.3. The Morgan fingerprint density at radius 1 is 0.938 bits per heavy atom. The van der Waals surface area contributed by atoms with E-state index in [2.05, 4.69) is 0 Å². The van der Waals surface area contributed by atoms with E-state index in [-0.39, 0.29) is 24.5 Å². The summed E-state index contributed by atoms with van der Waals surface area (Å²) in [6, 6.07) is 22.6. The normalized spacial score (nSPS) is 11.2. The van der Waals surface area contributed by atoms with E-state index in [0.29, 0.717) is 11.1 Å². The lowest BCUT2D eigenvalue weighted by molar-refractivity contribution is -0.132. The molecule has 0 heterocycles. The second-order valence-electron chi connectivity index (χ2n) is 7.26. The third-order valence-electron chi connectivity index (χ3n) is 4.88. The minimum atomic E-state index is -3.84. The molecule has 0 saturated carbocycles. The zero-order chi connectivity index (χ0) is 23.1. The van der Waals surface area contributed by atoms with Crippen LogP contribution in [0.25, 0.3) is 0 Å². The molecule has 8 heteroatoms. The molecule has 3 aromatic carbocycles. The fourth-order valence-electron chi connectivity index (χ4n) is 3.14. The second kappa shape index (κ2) is 10.2. The van der Waals surface area contributed by atoms with Crippen LogP contribution in [0, 0.1) is 17.1 Å². The van der Waals surface area contributed by atoms with Crippen molar-refractivity contribution < 1.29 is 17.6 Å². The molecule has 164 valence electrons. The number of carbonyl (C=O) groups is 1. The Morgan fingerprint density at radius 2 is 1.59 bits per heavy atom. The fraction of sp³-hybridized carbons (Fsp3) is 0.167. The molecular weight excluding hydrogens is 429 g/mol. The number of hydrogen-bond donors (Lipinski definition) is 0. The van der Waals surface area contributed by atoms with Crippen LogP contribution in [0.5, 0.6) is 0 Å². The van der Waals surface area contributed by atoms with Crippen molar-refractivity contribution in [1.82, 2.24) is 9.21 Å². The minimum absolute atomic E-state index is 0.0964. The van der Waals surface area contributed by atoms with Gasteiger partial charge >= 0.3 is 0 Å². The number of rotatable bonds is 8. The molecule has 0 fully saturated rings. The summed E-state index contributed by atoms with van der Waals surface area (Å²) in [5, 5.41) is 8.98. The maximum absolute atomic E-state index is 13.7. The van der Waals surface area contributed by atoms with E-state index in [9.17, 15) is 17.6 Å². The highest BCUT2D eigenvalue weighted by molar-refractivity contribution is 7.89. The lowest BCUT2D eigenvalue weighted by Gasteiger charge is -2.26. The SMILES string of the molecule is CN(CC(=O)N(Cc1ccc(C#N)cc1)Cc1cccc(F)c1)S(=O)(=O)c1ccccc1. The Hall–Kier alpha value is -3.54. The Bertz CT molecular complexity index is 1220. The summed E-state index contributed by atoms with van der Waals surface area (Å²) in [5.74, 6) is -0.849. The van der Waals surface area contributed by atoms with Crippen LogP contribution >= 0.6 is 0 Å². The van der Waals surface area contributed by atoms with E-state index in [0.717, 1.165) is 9.87 Å². The molecule has 0 aromatic heterocycles. The van der Waals surface area contributed by atoms with Crippen LogP contribution in [0.3, 0.4) is 0 Å². The number of sulfonamides is 1. The number of halogens is 1. The van der Waals surface area contributed by atoms with Gasteiger partial charge in [0.1, 0.15) is 5.82 Å². The Labute approximate surface area is 187 Å². The summed E-state index contributed by atoms with van der Waals surface area (Å²) in [6.45, 7) is -0.0844. The number of likely N-dealkylation sites (N-methyl/N-ethyl adjacent to an activating group) is 1. The monoisotopic (exact) mass is 451 g/mol. The van der Waals surface area contributed by atoms with Crippen LogP contribution in [0.2, 0.25) is 0 Å². The van der Waals surface area contributed by atoms with Crippen molar-refractivity contribution in [3.05, 3.63) is 101 Å². The molecule has 32 heavy (non-hydrogen) atoms. The van der Waals surface area contributed by atoms with Gasteiger partial charge in [0, 0.05) is 20.1 Å². The minimum Gasteiger partial charge on any atom is -0.333 e. The zero-order valence-electron chi connectivity index (χ0n) is 17.5. The highest BCUT2D eigenvalue weighted by atomic mass is 32.2. The van der Waals surface area contributed by atoms with E-state index in [1.807, 2.05) is 6.07 Å². The lowest BCUT2D eigenvalue weighted by atomic mass is 10.1. The summed E-state index contributed by atoms with van der Waals surface area (Å²) >= 11 is 0. The molecule has 0 atom stereocenters. The van der Waals surface area contributed by atoms with Gasteiger partial charge in [0.25, 0.3) is 0 Å². The number of nitrogens with zero attached hydrogens (tertiary/aromatic N) is 3. The van der Waals surface area contributed by atoms with Crippen molar-refractivity contribution in [1.29, 1.82) is 5.26 Å². The molecule has 0 aliphatic carbocycles. The van der Waals surface area contributed by atoms with Crippen molar-refractivity contribution >= 4 is 15.9 Å². The largest absolute Gasteiger partial charge is 0.333 e. The first-order valence-corrected chi connectivity index (χ1v) is 11.3. The first kappa shape index (κ1) is 23.1. The summed E-state index contributed by atoms with van der Waals surface area (Å²) in [5.41, 5.74) is 1.84. The van der Waals surface area contributed by atoms with Crippen LogP contribution < -0.4 is 0 Å². The number of carbonyl (C=O) groups excluding carboxylic acids is 1. The predicted octanol–water partition coefficient (Wildman–Crippen LogP) is 3.55. The molecule has 1 amide bonds. The average Bonchev–Trinajstić information content (AvgIpc) is 2.79. The maximum Gasteiger partial charge on any atom is 0.243 e. The van der Waals surface area contributed by atoms with E-state index >= 15 is 0 Å². The van der Waals surface area contributed by atoms with Gasteiger partial charge in [0.2, 0.25) is 15.9 Å². The lowest BCUT2D eigenvalue weighted by Crippen LogP contribution is -2.40. The van der Waals surface area contributed by atoms with Crippen LogP contribution in [0.1, 0.15) is 16.7 Å². The predicted molar refractivity (Wildman–Crippen MR) is 118 cm³/mol. The van der Waals surface area contributed by atoms with Crippen LogP contribution in [-0.2, 0) is 27.9 Å². The molecule has 0 saturated heterocycles. The van der Waals surface area contributed by atoms with Gasteiger partial charge in [-0.05, 0) is 47.5 Å². The highest BCUT2D eigenvalue weighted by Crippen LogP contribution is 2.16. The van der Waals surface area contributed by atoms with E-state index < -0.39 is 21.7 Å². The van der Waals surface area contributed by atoms with Gasteiger partial charge in [-0.1, -0.05) is 42.5 Å². The maximum atomic E-state index is 13.7. The van der Waals surface area contributed by atoms with E-state index in [4.69, 9.17) is 5.26 Å². The van der Waals surface area contributed by atoms with Gasteiger partial charge in [-0.2, -0.15) is 9.57 Å². The quantitative estimate of drug-likeness (QED) is 0.525. The molecule has 3 aromatic rings. The molecule has 0 spiro atoms. The van der Waals surface area contributed by atoms with Crippen LogP contribution in [0.15, 0.2) is 83.8 Å². The van der Waals surface area contributed by atoms with Gasteiger partial charge in [0.05, 0.1) is 23.1 Å². The standard InChI is InChI=1S/C24H22FN3O3S/c1-27(32(30,31)23-8-3-2-4-9-23)18-24(29)28(17-21-6-5-7-22(25)14-21)16-20-12-10-19(15-26)11-13-20/h2-14H,16-18H2,1H3. The third-order valence-corrected chi connectivity index (χ3v) is 6.70. The second-order valence-corrected chi connectivity index (χ2v) is 9.31. The van der Waals surface area contributed by atoms with E-state index in [1.54, 1.807) is 54.6 Å². The molecule has 0 aliphatic rings. The number of amides is 1. The van der Waals surface area contributed by atoms with Gasteiger partial charge in [-0.15, -0.1) is 0 Å². The zero-order valence-corrected chi connectivity index (χ0v) is 18.3. The molecule has 0 N–H and O–H groups in total. The summed E-state index contributed by atoms with van der Waals surface area (Å²) in [6.07, 6.45) is 0. The fourth-order valence-corrected chi connectivity index (χ4v) is 4.28. The Balaban J connectivity index is 1.82. The third kappa shape index (κ3) is 5.78. The molecule has 0 radical (unpaired) electrons. The van der Waals surface area contributed by atoms with Crippen molar-refractivity contribution in [2.45, 2.75) is 18.0 Å². The van der Waals surface area contributed by atoms with Gasteiger partial charge in [-0.3, -0.25) is 4.79 Å². The van der Waals surface area contributed by atoms with Crippen LogP contribution in [-0.4, -0.2) is 37.1 Å². The van der Waals surface area contributed by atoms with Gasteiger partial charge in [0.15, 0.2) is 0 Å². The van der Waals surface area contributed by atoms with Gasteiger partial charge < -0.3 is 4.90 Å².